The van der Waals surface area contributed by atoms with Crippen molar-refractivity contribution in [2.45, 2.75) is 13.5 Å². The van der Waals surface area contributed by atoms with Crippen molar-refractivity contribution in [3.8, 4) is 11.5 Å². The number of hydrogen-bond acceptors (Lipinski definition) is 3. The smallest absolute Gasteiger partial charge is 0.255 e. The van der Waals surface area contributed by atoms with Gasteiger partial charge in [0.15, 0.2) is 0 Å². The number of halogens is 2. The Hall–Kier alpha value is -2.69. The highest BCUT2D eigenvalue weighted by Crippen LogP contribution is 2.30. The lowest BCUT2D eigenvalue weighted by atomic mass is 10.1. The molecule has 3 aromatic carbocycles. The first-order valence-corrected chi connectivity index (χ1v) is 9.35. The van der Waals surface area contributed by atoms with Crippen LogP contribution in [0, 0.1) is 6.92 Å². The van der Waals surface area contributed by atoms with Gasteiger partial charge in [0.1, 0.15) is 18.1 Å². The van der Waals surface area contributed by atoms with Gasteiger partial charge in [-0.3, -0.25) is 4.79 Å². The number of hydrogen-bond donors (Lipinski definition) is 1. The first-order valence-electron chi connectivity index (χ1n) is 8.59. The van der Waals surface area contributed by atoms with E-state index < -0.39 is 0 Å². The van der Waals surface area contributed by atoms with Crippen LogP contribution < -0.4 is 14.8 Å². The van der Waals surface area contributed by atoms with Crippen LogP contribution in [0.4, 0.5) is 5.69 Å². The number of aryl methyl sites for hydroxylation is 1. The van der Waals surface area contributed by atoms with Crippen molar-refractivity contribution in [2.24, 2.45) is 0 Å². The number of rotatable bonds is 6. The van der Waals surface area contributed by atoms with Crippen LogP contribution in [0.3, 0.4) is 0 Å². The van der Waals surface area contributed by atoms with Gasteiger partial charge in [-0.25, -0.2) is 0 Å². The highest BCUT2D eigenvalue weighted by molar-refractivity contribution is 6.44. The molecule has 0 bridgehead atoms. The molecule has 0 atom stereocenters. The number of benzene rings is 3. The van der Waals surface area contributed by atoms with Crippen LogP contribution >= 0.6 is 23.2 Å². The summed E-state index contributed by atoms with van der Waals surface area (Å²) in [6, 6.07) is 18.0. The zero-order valence-electron chi connectivity index (χ0n) is 15.5. The van der Waals surface area contributed by atoms with Gasteiger partial charge in [-0.15, -0.1) is 0 Å². The molecular formula is C22H19Cl2NO3. The number of nitrogens with one attached hydrogen (secondary N) is 1. The Labute approximate surface area is 174 Å². The molecule has 0 aromatic heterocycles. The van der Waals surface area contributed by atoms with Gasteiger partial charge in [-0.1, -0.05) is 47.0 Å². The normalized spacial score (nSPS) is 10.4. The monoisotopic (exact) mass is 415 g/mol. The van der Waals surface area contributed by atoms with Crippen LogP contribution in [0.2, 0.25) is 10.0 Å². The molecule has 0 heterocycles. The second kappa shape index (κ2) is 9.00. The molecule has 3 aromatic rings. The molecule has 0 aliphatic rings. The maximum Gasteiger partial charge on any atom is 0.255 e. The van der Waals surface area contributed by atoms with E-state index in [9.17, 15) is 4.79 Å². The van der Waals surface area contributed by atoms with Crippen LogP contribution in [-0.2, 0) is 6.61 Å². The summed E-state index contributed by atoms with van der Waals surface area (Å²) < 4.78 is 11.2. The van der Waals surface area contributed by atoms with Crippen LogP contribution in [0.5, 0.6) is 11.5 Å². The molecule has 0 spiro atoms. The minimum atomic E-state index is -0.302. The lowest BCUT2D eigenvalue weighted by molar-refractivity contribution is 0.102. The van der Waals surface area contributed by atoms with Crippen molar-refractivity contribution < 1.29 is 14.3 Å². The van der Waals surface area contributed by atoms with Gasteiger partial charge >= 0.3 is 0 Å². The largest absolute Gasteiger partial charge is 0.496 e. The van der Waals surface area contributed by atoms with Gasteiger partial charge in [-0.2, -0.15) is 0 Å². The Bertz CT molecular complexity index is 988. The minimum Gasteiger partial charge on any atom is -0.496 e. The van der Waals surface area contributed by atoms with Crippen molar-refractivity contribution in [1.82, 2.24) is 0 Å². The van der Waals surface area contributed by atoms with E-state index in [4.69, 9.17) is 32.7 Å². The number of carbonyl (C=O) groups excluding carboxylic acids is 1. The third-order valence-corrected chi connectivity index (χ3v) is 4.98. The summed E-state index contributed by atoms with van der Waals surface area (Å²) in [6.07, 6.45) is 0. The van der Waals surface area contributed by atoms with Crippen molar-refractivity contribution in [3.63, 3.8) is 0 Å². The second-order valence-electron chi connectivity index (χ2n) is 6.18. The fourth-order valence-electron chi connectivity index (χ4n) is 2.62. The summed E-state index contributed by atoms with van der Waals surface area (Å²) in [4.78, 5) is 12.6. The molecule has 0 fully saturated rings. The molecule has 0 saturated heterocycles. The second-order valence-corrected chi connectivity index (χ2v) is 6.97. The molecule has 1 amide bonds. The molecule has 4 nitrogen and oxygen atoms in total. The van der Waals surface area contributed by atoms with Crippen molar-refractivity contribution in [3.05, 3.63) is 87.4 Å². The molecule has 0 aliphatic carbocycles. The lowest BCUT2D eigenvalue weighted by Crippen LogP contribution is -2.13. The Kier molecular flexibility index (Phi) is 6.45. The highest BCUT2D eigenvalue weighted by atomic mass is 35.5. The third kappa shape index (κ3) is 4.77. The molecular weight excluding hydrogens is 397 g/mol. The number of amides is 1. The van der Waals surface area contributed by atoms with Crippen LogP contribution in [-0.4, -0.2) is 13.0 Å². The summed E-state index contributed by atoms with van der Waals surface area (Å²) in [6.45, 7) is 2.28. The number of ether oxygens (including phenoxy) is 2. The van der Waals surface area contributed by atoms with Crippen LogP contribution in [0.1, 0.15) is 21.5 Å². The Morgan fingerprint density at radius 3 is 2.50 bits per heavy atom. The summed E-state index contributed by atoms with van der Waals surface area (Å²) in [5.74, 6) is 1.08. The van der Waals surface area contributed by atoms with Crippen molar-refractivity contribution in [1.29, 1.82) is 0 Å². The Morgan fingerprint density at radius 2 is 1.79 bits per heavy atom. The molecule has 0 saturated carbocycles. The number of anilines is 1. The van der Waals surface area contributed by atoms with E-state index in [0.29, 0.717) is 27.0 Å². The van der Waals surface area contributed by atoms with Gasteiger partial charge in [-0.05, 0) is 49.4 Å². The average Bonchev–Trinajstić information content (AvgIpc) is 2.70. The molecule has 3 rings (SSSR count). The number of methoxy groups -OCH3 is 1. The molecule has 28 heavy (non-hydrogen) atoms. The first kappa shape index (κ1) is 20.1. The van der Waals surface area contributed by atoms with Gasteiger partial charge in [0.05, 0.1) is 22.8 Å². The number of carbonyl (C=O) groups is 1. The molecule has 1 N–H and O–H groups in total. The Balaban J connectivity index is 1.78. The minimum absolute atomic E-state index is 0.269. The average molecular weight is 416 g/mol. The summed E-state index contributed by atoms with van der Waals surface area (Å²) in [7, 11) is 1.58. The van der Waals surface area contributed by atoms with E-state index >= 15 is 0 Å². The van der Waals surface area contributed by atoms with E-state index in [2.05, 4.69) is 5.32 Å². The maximum atomic E-state index is 12.6. The maximum absolute atomic E-state index is 12.6. The molecule has 0 unspecified atom stereocenters. The fourth-order valence-corrected chi connectivity index (χ4v) is 2.97. The topological polar surface area (TPSA) is 47.6 Å². The molecule has 0 radical (unpaired) electrons. The van der Waals surface area contributed by atoms with Gasteiger partial charge < -0.3 is 14.8 Å². The predicted octanol–water partition coefficient (Wildman–Crippen LogP) is 6.14. The summed E-state index contributed by atoms with van der Waals surface area (Å²) in [5, 5.41) is 3.45. The third-order valence-electron chi connectivity index (χ3n) is 4.16. The quantitative estimate of drug-likeness (QED) is 0.525. The van der Waals surface area contributed by atoms with E-state index in [0.717, 1.165) is 16.9 Å². The lowest BCUT2D eigenvalue weighted by Gasteiger charge is -2.13. The van der Waals surface area contributed by atoms with Gasteiger partial charge in [0, 0.05) is 11.1 Å². The van der Waals surface area contributed by atoms with E-state index in [1.807, 2.05) is 31.2 Å². The SMILES string of the molecule is COc1ccc(C(=O)Nc2cccc(Cl)c2Cl)cc1COc1ccc(C)cc1. The molecule has 144 valence electrons. The van der Waals surface area contributed by atoms with Crippen molar-refractivity contribution in [2.75, 3.05) is 12.4 Å². The van der Waals surface area contributed by atoms with E-state index in [1.54, 1.807) is 43.5 Å². The van der Waals surface area contributed by atoms with Crippen LogP contribution in [0.25, 0.3) is 0 Å². The zero-order chi connectivity index (χ0) is 20.1. The Morgan fingerprint density at radius 1 is 1.04 bits per heavy atom. The standard InChI is InChI=1S/C22H19Cl2NO3/c1-14-6-9-17(10-7-14)28-13-16-12-15(8-11-20(16)27-2)22(26)25-19-5-3-4-18(23)21(19)24/h3-12H,13H2,1-2H3,(H,25,26). The van der Waals surface area contributed by atoms with Crippen LogP contribution in [0.15, 0.2) is 60.7 Å². The van der Waals surface area contributed by atoms with Gasteiger partial charge in [0.25, 0.3) is 5.91 Å². The summed E-state index contributed by atoms with van der Waals surface area (Å²) in [5.41, 5.74) is 2.82. The highest BCUT2D eigenvalue weighted by Gasteiger charge is 2.13. The van der Waals surface area contributed by atoms with E-state index in [-0.39, 0.29) is 12.5 Å². The first-order chi connectivity index (χ1) is 13.5. The van der Waals surface area contributed by atoms with Crippen molar-refractivity contribution >= 4 is 34.8 Å². The fraction of sp³-hybridized carbons (Fsp3) is 0.136. The van der Waals surface area contributed by atoms with Gasteiger partial charge in [0.2, 0.25) is 0 Å². The summed E-state index contributed by atoms with van der Waals surface area (Å²) >= 11 is 12.1. The zero-order valence-corrected chi connectivity index (χ0v) is 17.0. The van der Waals surface area contributed by atoms with E-state index in [1.165, 1.54) is 0 Å². The molecule has 6 heteroatoms. The molecule has 0 aliphatic heterocycles. The predicted molar refractivity (Wildman–Crippen MR) is 113 cm³/mol.